The summed E-state index contributed by atoms with van der Waals surface area (Å²) in [7, 11) is 0. The Morgan fingerprint density at radius 3 is 2.57 bits per heavy atom. The molecule has 0 fully saturated rings. The molecule has 4 heteroatoms. The number of hydrogen-bond donors (Lipinski definition) is 2. The Kier molecular flexibility index (Phi) is 5.14. The standard InChI is InChI=1S/C17H24N4/c1-5-6-10-18-16-11-17(20-14(4)19-16)21-15-9-7-8-12(2)13(15)3/h7-9,11H,5-6,10H2,1-4H3,(H2,18,19,20,21). The Morgan fingerprint density at radius 2 is 1.81 bits per heavy atom. The second kappa shape index (κ2) is 7.07. The molecular weight excluding hydrogens is 260 g/mol. The van der Waals surface area contributed by atoms with Crippen molar-refractivity contribution in [1.82, 2.24) is 9.97 Å². The molecule has 0 spiro atoms. The Balaban J connectivity index is 2.17. The van der Waals surface area contributed by atoms with Crippen LogP contribution < -0.4 is 10.6 Å². The van der Waals surface area contributed by atoms with Gasteiger partial charge in [0.1, 0.15) is 17.5 Å². The highest BCUT2D eigenvalue weighted by atomic mass is 15.1. The van der Waals surface area contributed by atoms with E-state index in [9.17, 15) is 0 Å². The fraction of sp³-hybridized carbons (Fsp3) is 0.412. The molecule has 1 aromatic carbocycles. The number of nitrogens with zero attached hydrogens (tertiary/aromatic N) is 2. The molecule has 4 nitrogen and oxygen atoms in total. The molecule has 0 saturated heterocycles. The third-order valence-corrected chi connectivity index (χ3v) is 3.54. The van der Waals surface area contributed by atoms with Crippen LogP contribution in [0, 0.1) is 20.8 Å². The lowest BCUT2D eigenvalue weighted by molar-refractivity contribution is 0.829. The zero-order valence-electron chi connectivity index (χ0n) is 13.3. The van der Waals surface area contributed by atoms with Crippen LogP contribution in [0.1, 0.15) is 36.7 Å². The zero-order valence-corrected chi connectivity index (χ0v) is 13.3. The minimum atomic E-state index is 0.768. The minimum absolute atomic E-state index is 0.768. The summed E-state index contributed by atoms with van der Waals surface area (Å²) < 4.78 is 0. The molecule has 2 N–H and O–H groups in total. The van der Waals surface area contributed by atoms with Gasteiger partial charge >= 0.3 is 0 Å². The van der Waals surface area contributed by atoms with Gasteiger partial charge in [0.05, 0.1) is 0 Å². The lowest BCUT2D eigenvalue weighted by Gasteiger charge is -2.13. The van der Waals surface area contributed by atoms with Crippen molar-refractivity contribution in [1.29, 1.82) is 0 Å². The zero-order chi connectivity index (χ0) is 15.2. The molecule has 1 heterocycles. The number of rotatable bonds is 6. The number of benzene rings is 1. The molecule has 0 radical (unpaired) electrons. The van der Waals surface area contributed by atoms with E-state index in [0.717, 1.165) is 36.1 Å². The molecule has 0 aliphatic rings. The first-order valence-corrected chi connectivity index (χ1v) is 7.53. The molecule has 0 aliphatic carbocycles. The number of unbranched alkanes of at least 4 members (excludes halogenated alkanes) is 1. The highest BCUT2D eigenvalue weighted by Gasteiger charge is 2.05. The molecule has 1 aromatic heterocycles. The molecule has 0 unspecified atom stereocenters. The topological polar surface area (TPSA) is 49.8 Å². The molecule has 0 atom stereocenters. The summed E-state index contributed by atoms with van der Waals surface area (Å²) in [5.41, 5.74) is 3.61. The van der Waals surface area contributed by atoms with Crippen LogP contribution in [0.15, 0.2) is 24.3 Å². The van der Waals surface area contributed by atoms with Gasteiger partial charge < -0.3 is 10.6 Å². The molecular formula is C17H24N4. The first kappa shape index (κ1) is 15.3. The van der Waals surface area contributed by atoms with Gasteiger partial charge in [-0.25, -0.2) is 9.97 Å². The minimum Gasteiger partial charge on any atom is -0.370 e. The number of aryl methyl sites for hydroxylation is 2. The van der Waals surface area contributed by atoms with Crippen molar-refractivity contribution in [3.63, 3.8) is 0 Å². The average Bonchev–Trinajstić information content (AvgIpc) is 2.44. The van der Waals surface area contributed by atoms with Crippen LogP contribution in [-0.2, 0) is 0 Å². The number of nitrogens with one attached hydrogen (secondary N) is 2. The van der Waals surface area contributed by atoms with Gasteiger partial charge in [-0.15, -0.1) is 0 Å². The van der Waals surface area contributed by atoms with Crippen LogP contribution in [0.5, 0.6) is 0 Å². The van der Waals surface area contributed by atoms with Crippen LogP contribution in [-0.4, -0.2) is 16.5 Å². The maximum absolute atomic E-state index is 4.47. The molecule has 0 amide bonds. The van der Waals surface area contributed by atoms with Crippen molar-refractivity contribution in [3.8, 4) is 0 Å². The SMILES string of the molecule is CCCCNc1cc(Nc2cccc(C)c2C)nc(C)n1. The summed E-state index contributed by atoms with van der Waals surface area (Å²) in [6, 6.07) is 8.21. The lowest BCUT2D eigenvalue weighted by Crippen LogP contribution is -2.06. The summed E-state index contributed by atoms with van der Waals surface area (Å²) in [5, 5.41) is 6.74. The highest BCUT2D eigenvalue weighted by Crippen LogP contribution is 2.22. The van der Waals surface area contributed by atoms with E-state index in [1.54, 1.807) is 0 Å². The van der Waals surface area contributed by atoms with Crippen molar-refractivity contribution >= 4 is 17.3 Å². The molecule has 0 saturated carbocycles. The lowest BCUT2D eigenvalue weighted by atomic mass is 10.1. The Hall–Kier alpha value is -2.10. The van der Waals surface area contributed by atoms with Crippen molar-refractivity contribution < 1.29 is 0 Å². The van der Waals surface area contributed by atoms with E-state index in [4.69, 9.17) is 0 Å². The van der Waals surface area contributed by atoms with Crippen molar-refractivity contribution in [3.05, 3.63) is 41.2 Å². The van der Waals surface area contributed by atoms with Gasteiger partial charge in [-0.2, -0.15) is 0 Å². The van der Waals surface area contributed by atoms with E-state index < -0.39 is 0 Å². The Morgan fingerprint density at radius 1 is 1.05 bits per heavy atom. The van der Waals surface area contributed by atoms with Crippen molar-refractivity contribution in [2.24, 2.45) is 0 Å². The molecule has 112 valence electrons. The summed E-state index contributed by atoms with van der Waals surface area (Å²) in [6.07, 6.45) is 2.31. The van der Waals surface area contributed by atoms with E-state index in [2.05, 4.69) is 59.6 Å². The molecule has 0 aliphatic heterocycles. The van der Waals surface area contributed by atoms with Crippen molar-refractivity contribution in [2.45, 2.75) is 40.5 Å². The smallest absolute Gasteiger partial charge is 0.136 e. The summed E-state index contributed by atoms with van der Waals surface area (Å²) >= 11 is 0. The second-order valence-electron chi connectivity index (χ2n) is 5.34. The van der Waals surface area contributed by atoms with Crippen LogP contribution in [0.2, 0.25) is 0 Å². The monoisotopic (exact) mass is 284 g/mol. The number of hydrogen-bond acceptors (Lipinski definition) is 4. The normalized spacial score (nSPS) is 10.5. The molecule has 2 aromatic rings. The average molecular weight is 284 g/mol. The predicted octanol–water partition coefficient (Wildman–Crippen LogP) is 4.36. The van der Waals surface area contributed by atoms with Crippen LogP contribution in [0.4, 0.5) is 17.3 Å². The highest BCUT2D eigenvalue weighted by molar-refractivity contribution is 5.63. The van der Waals surface area contributed by atoms with Crippen LogP contribution in [0.25, 0.3) is 0 Å². The number of aromatic nitrogens is 2. The third kappa shape index (κ3) is 4.18. The Bertz CT molecular complexity index is 608. The van der Waals surface area contributed by atoms with Gasteiger partial charge in [-0.3, -0.25) is 0 Å². The molecule has 21 heavy (non-hydrogen) atoms. The van der Waals surface area contributed by atoms with E-state index in [1.807, 2.05) is 13.0 Å². The first-order chi connectivity index (χ1) is 10.1. The summed E-state index contributed by atoms with van der Waals surface area (Å²) in [6.45, 7) is 9.27. The van der Waals surface area contributed by atoms with Crippen LogP contribution in [0.3, 0.4) is 0 Å². The largest absolute Gasteiger partial charge is 0.370 e. The first-order valence-electron chi connectivity index (χ1n) is 7.53. The van der Waals surface area contributed by atoms with E-state index in [1.165, 1.54) is 17.5 Å². The molecule has 2 rings (SSSR count). The fourth-order valence-corrected chi connectivity index (χ4v) is 2.14. The number of anilines is 3. The Labute approximate surface area is 127 Å². The van der Waals surface area contributed by atoms with E-state index >= 15 is 0 Å². The van der Waals surface area contributed by atoms with Gasteiger partial charge in [0, 0.05) is 18.3 Å². The van der Waals surface area contributed by atoms with Gasteiger partial charge in [-0.1, -0.05) is 25.5 Å². The van der Waals surface area contributed by atoms with E-state index in [-0.39, 0.29) is 0 Å². The summed E-state index contributed by atoms with van der Waals surface area (Å²) in [5.74, 6) is 2.48. The maximum Gasteiger partial charge on any atom is 0.136 e. The fourth-order valence-electron chi connectivity index (χ4n) is 2.14. The van der Waals surface area contributed by atoms with Gasteiger partial charge in [0.25, 0.3) is 0 Å². The van der Waals surface area contributed by atoms with E-state index in [0.29, 0.717) is 0 Å². The second-order valence-corrected chi connectivity index (χ2v) is 5.34. The van der Waals surface area contributed by atoms with Crippen molar-refractivity contribution in [2.75, 3.05) is 17.2 Å². The van der Waals surface area contributed by atoms with Gasteiger partial charge in [-0.05, 0) is 44.4 Å². The quantitative estimate of drug-likeness (QED) is 0.774. The van der Waals surface area contributed by atoms with Gasteiger partial charge in [0.2, 0.25) is 0 Å². The predicted molar refractivity (Wildman–Crippen MR) is 89.4 cm³/mol. The van der Waals surface area contributed by atoms with Gasteiger partial charge in [0.15, 0.2) is 0 Å². The molecule has 0 bridgehead atoms. The third-order valence-electron chi connectivity index (χ3n) is 3.54. The van der Waals surface area contributed by atoms with Crippen LogP contribution >= 0.6 is 0 Å². The summed E-state index contributed by atoms with van der Waals surface area (Å²) in [4.78, 5) is 8.89. The maximum atomic E-state index is 4.47.